The SMILES string of the molecule is Cc1cc(F)cc2c(Cl)cc(C(F)F)nc12. The molecule has 1 heterocycles. The summed E-state index contributed by atoms with van der Waals surface area (Å²) in [5.74, 6) is -0.460. The number of hydrogen-bond donors (Lipinski definition) is 0. The molecular formula is C11H7ClF3N. The minimum atomic E-state index is -2.69. The summed E-state index contributed by atoms with van der Waals surface area (Å²) in [6.45, 7) is 1.60. The number of aryl methyl sites for hydroxylation is 1. The van der Waals surface area contributed by atoms with Crippen LogP contribution in [-0.4, -0.2) is 4.98 Å². The summed E-state index contributed by atoms with van der Waals surface area (Å²) in [6.07, 6.45) is -2.69. The molecule has 0 saturated carbocycles. The minimum absolute atomic E-state index is 0.0860. The van der Waals surface area contributed by atoms with E-state index >= 15 is 0 Å². The highest BCUT2D eigenvalue weighted by molar-refractivity contribution is 6.35. The first-order valence-corrected chi connectivity index (χ1v) is 4.91. The molecule has 0 aliphatic rings. The quantitative estimate of drug-likeness (QED) is 0.731. The van der Waals surface area contributed by atoms with Crippen LogP contribution in [0.2, 0.25) is 5.02 Å². The fourth-order valence-corrected chi connectivity index (χ4v) is 1.80. The molecule has 0 amide bonds. The van der Waals surface area contributed by atoms with Crippen LogP contribution in [0, 0.1) is 12.7 Å². The predicted molar refractivity (Wildman–Crippen MR) is 56.4 cm³/mol. The lowest BCUT2D eigenvalue weighted by atomic mass is 10.1. The van der Waals surface area contributed by atoms with Crippen molar-refractivity contribution in [1.82, 2.24) is 4.98 Å². The fourth-order valence-electron chi connectivity index (χ4n) is 1.55. The Morgan fingerprint density at radius 1 is 1.25 bits per heavy atom. The van der Waals surface area contributed by atoms with Gasteiger partial charge < -0.3 is 0 Å². The first kappa shape index (κ1) is 11.2. The van der Waals surface area contributed by atoms with Crippen LogP contribution < -0.4 is 0 Å². The highest BCUT2D eigenvalue weighted by atomic mass is 35.5. The van der Waals surface area contributed by atoms with Crippen LogP contribution in [0.5, 0.6) is 0 Å². The number of halogens is 4. The van der Waals surface area contributed by atoms with Gasteiger partial charge in [-0.05, 0) is 30.7 Å². The molecule has 0 aliphatic carbocycles. The topological polar surface area (TPSA) is 12.9 Å². The van der Waals surface area contributed by atoms with E-state index < -0.39 is 17.9 Å². The van der Waals surface area contributed by atoms with E-state index in [1.54, 1.807) is 6.92 Å². The van der Waals surface area contributed by atoms with Gasteiger partial charge in [0.1, 0.15) is 11.5 Å². The van der Waals surface area contributed by atoms with E-state index in [-0.39, 0.29) is 5.02 Å². The van der Waals surface area contributed by atoms with Gasteiger partial charge in [-0.2, -0.15) is 0 Å². The molecule has 1 aromatic heterocycles. The van der Waals surface area contributed by atoms with E-state index in [4.69, 9.17) is 11.6 Å². The second kappa shape index (κ2) is 3.94. The third-order valence-electron chi connectivity index (χ3n) is 2.26. The van der Waals surface area contributed by atoms with E-state index in [2.05, 4.69) is 4.98 Å². The van der Waals surface area contributed by atoms with E-state index in [0.29, 0.717) is 16.5 Å². The van der Waals surface area contributed by atoms with Crippen LogP contribution in [-0.2, 0) is 0 Å². The van der Waals surface area contributed by atoms with Crippen molar-refractivity contribution >= 4 is 22.5 Å². The molecule has 0 fully saturated rings. The summed E-state index contributed by atoms with van der Waals surface area (Å²) in [7, 11) is 0. The number of fused-ring (bicyclic) bond motifs is 1. The second-order valence-electron chi connectivity index (χ2n) is 3.45. The summed E-state index contributed by atoms with van der Waals surface area (Å²) >= 11 is 5.81. The molecule has 0 bridgehead atoms. The number of nitrogens with zero attached hydrogens (tertiary/aromatic N) is 1. The molecule has 0 unspecified atom stereocenters. The Bertz CT molecular complexity index is 554. The van der Waals surface area contributed by atoms with Crippen LogP contribution in [0.4, 0.5) is 13.2 Å². The lowest BCUT2D eigenvalue weighted by Gasteiger charge is -2.07. The summed E-state index contributed by atoms with van der Waals surface area (Å²) in [5.41, 5.74) is 0.399. The zero-order valence-electron chi connectivity index (χ0n) is 8.27. The number of aromatic nitrogens is 1. The van der Waals surface area contributed by atoms with Crippen molar-refractivity contribution in [2.45, 2.75) is 13.3 Å². The zero-order chi connectivity index (χ0) is 11.9. The van der Waals surface area contributed by atoms with E-state index in [1.165, 1.54) is 12.1 Å². The van der Waals surface area contributed by atoms with Crippen molar-refractivity contribution in [1.29, 1.82) is 0 Å². The van der Waals surface area contributed by atoms with Gasteiger partial charge in [-0.3, -0.25) is 0 Å². The van der Waals surface area contributed by atoms with Gasteiger partial charge in [-0.1, -0.05) is 11.6 Å². The molecule has 0 saturated heterocycles. The van der Waals surface area contributed by atoms with Crippen LogP contribution in [0.15, 0.2) is 18.2 Å². The number of pyridine rings is 1. The second-order valence-corrected chi connectivity index (χ2v) is 3.86. The van der Waals surface area contributed by atoms with Crippen molar-refractivity contribution in [3.63, 3.8) is 0 Å². The number of hydrogen-bond acceptors (Lipinski definition) is 1. The molecular weight excluding hydrogens is 239 g/mol. The van der Waals surface area contributed by atoms with Crippen LogP contribution >= 0.6 is 11.6 Å². The molecule has 84 valence electrons. The van der Waals surface area contributed by atoms with Gasteiger partial charge in [-0.15, -0.1) is 0 Å². The van der Waals surface area contributed by atoms with E-state index in [1.807, 2.05) is 0 Å². The van der Waals surface area contributed by atoms with Crippen molar-refractivity contribution in [3.05, 3.63) is 40.3 Å². The largest absolute Gasteiger partial charge is 0.280 e. The van der Waals surface area contributed by atoms with Crippen molar-refractivity contribution in [2.24, 2.45) is 0 Å². The van der Waals surface area contributed by atoms with Gasteiger partial charge in [0, 0.05) is 5.39 Å². The Balaban J connectivity index is 2.82. The monoisotopic (exact) mass is 245 g/mol. The summed E-state index contributed by atoms with van der Waals surface area (Å²) in [6, 6.07) is 3.49. The maximum absolute atomic E-state index is 13.1. The normalized spacial score (nSPS) is 11.4. The van der Waals surface area contributed by atoms with E-state index in [0.717, 1.165) is 6.07 Å². The molecule has 0 radical (unpaired) electrons. The third-order valence-corrected chi connectivity index (χ3v) is 2.57. The zero-order valence-corrected chi connectivity index (χ0v) is 9.02. The Labute approximate surface area is 94.9 Å². The lowest BCUT2D eigenvalue weighted by molar-refractivity contribution is 0.146. The molecule has 1 aromatic carbocycles. The standard InChI is InChI=1S/C11H7ClF3N/c1-5-2-6(13)3-7-8(12)4-9(11(14)15)16-10(5)7/h2-4,11H,1H3. The molecule has 0 spiro atoms. The number of rotatable bonds is 1. The van der Waals surface area contributed by atoms with Gasteiger partial charge in [0.05, 0.1) is 10.5 Å². The average Bonchev–Trinajstić information content (AvgIpc) is 2.19. The van der Waals surface area contributed by atoms with Gasteiger partial charge in [0.25, 0.3) is 6.43 Å². The first-order chi connectivity index (χ1) is 7.49. The molecule has 2 rings (SSSR count). The highest BCUT2D eigenvalue weighted by Gasteiger charge is 2.14. The van der Waals surface area contributed by atoms with Gasteiger partial charge >= 0.3 is 0 Å². The first-order valence-electron chi connectivity index (χ1n) is 4.53. The Morgan fingerprint density at radius 2 is 1.94 bits per heavy atom. The fraction of sp³-hybridized carbons (Fsp3) is 0.182. The van der Waals surface area contributed by atoms with Crippen LogP contribution in [0.25, 0.3) is 10.9 Å². The maximum Gasteiger partial charge on any atom is 0.280 e. The van der Waals surface area contributed by atoms with Gasteiger partial charge in [0.15, 0.2) is 0 Å². The molecule has 2 aromatic rings. The van der Waals surface area contributed by atoms with Crippen molar-refractivity contribution in [2.75, 3.05) is 0 Å². The van der Waals surface area contributed by atoms with Crippen molar-refractivity contribution in [3.8, 4) is 0 Å². The Kier molecular flexibility index (Phi) is 2.76. The average molecular weight is 246 g/mol. The van der Waals surface area contributed by atoms with Gasteiger partial charge in [0.2, 0.25) is 0 Å². The summed E-state index contributed by atoms with van der Waals surface area (Å²) in [5, 5.41) is 0.437. The van der Waals surface area contributed by atoms with E-state index in [9.17, 15) is 13.2 Å². The van der Waals surface area contributed by atoms with Gasteiger partial charge in [-0.25, -0.2) is 18.2 Å². The van der Waals surface area contributed by atoms with Crippen molar-refractivity contribution < 1.29 is 13.2 Å². The number of alkyl halides is 2. The summed E-state index contributed by atoms with van der Waals surface area (Å²) in [4.78, 5) is 3.78. The third kappa shape index (κ3) is 1.85. The minimum Gasteiger partial charge on any atom is -0.246 e. The Morgan fingerprint density at radius 3 is 2.56 bits per heavy atom. The molecule has 1 nitrogen and oxygen atoms in total. The molecule has 0 N–H and O–H groups in total. The number of benzene rings is 1. The lowest BCUT2D eigenvalue weighted by Crippen LogP contribution is -1.94. The Hall–Kier alpha value is -1.29. The summed E-state index contributed by atoms with van der Waals surface area (Å²) < 4.78 is 38.1. The van der Waals surface area contributed by atoms with Crippen LogP contribution in [0.1, 0.15) is 17.7 Å². The maximum atomic E-state index is 13.1. The highest BCUT2D eigenvalue weighted by Crippen LogP contribution is 2.29. The molecule has 16 heavy (non-hydrogen) atoms. The molecule has 0 atom stereocenters. The van der Waals surface area contributed by atoms with Crippen LogP contribution in [0.3, 0.4) is 0 Å². The molecule has 5 heteroatoms. The predicted octanol–water partition coefficient (Wildman–Crippen LogP) is 4.27. The smallest absolute Gasteiger partial charge is 0.246 e. The molecule has 0 aliphatic heterocycles.